The van der Waals surface area contributed by atoms with Gasteiger partial charge in [0.2, 0.25) is 0 Å². The Labute approximate surface area is 218 Å². The number of nitrogens with zero attached hydrogens (tertiary/aromatic N) is 5. The first-order valence-electron chi connectivity index (χ1n) is 13.2. The van der Waals surface area contributed by atoms with Crippen LogP contribution in [0.4, 0.5) is 0 Å². The molecule has 0 amide bonds. The van der Waals surface area contributed by atoms with E-state index in [1.807, 2.05) is 36.4 Å². The van der Waals surface area contributed by atoms with E-state index in [1.54, 1.807) is 8.61 Å². The van der Waals surface area contributed by atoms with Crippen LogP contribution in [0.3, 0.4) is 0 Å². The lowest BCUT2D eigenvalue weighted by atomic mass is 10.0. The van der Waals surface area contributed by atoms with Gasteiger partial charge in [-0.2, -0.15) is 22.0 Å². The van der Waals surface area contributed by atoms with Gasteiger partial charge >= 0.3 is 0 Å². The minimum absolute atomic E-state index is 0.138. The average molecular weight is 524 g/mol. The standard InChI is InChI=1S/C27H33N5O4S/c33-37(34,31-18-22-7-1-2-8-23(22)19-31)32-16-4-3-9-25(32)27-28-26(36-29-27)20-35-24-12-10-21(11-13-24)17-30-14-5-6-15-30/h1-2,7-8,10-13,25H,3-6,9,14-20H2. The first-order chi connectivity index (χ1) is 18.1. The van der Waals surface area contributed by atoms with Crippen LogP contribution in [-0.4, -0.2) is 51.7 Å². The van der Waals surface area contributed by atoms with Crippen molar-refractivity contribution in [2.75, 3.05) is 19.6 Å². The molecule has 1 unspecified atom stereocenters. The summed E-state index contributed by atoms with van der Waals surface area (Å²) in [6.07, 6.45) is 4.96. The van der Waals surface area contributed by atoms with Crippen molar-refractivity contribution >= 4 is 10.2 Å². The lowest BCUT2D eigenvalue weighted by Gasteiger charge is -2.35. The summed E-state index contributed by atoms with van der Waals surface area (Å²) in [6, 6.07) is 15.6. The van der Waals surface area contributed by atoms with E-state index in [2.05, 4.69) is 27.2 Å². The van der Waals surface area contributed by atoms with Crippen LogP contribution < -0.4 is 4.74 Å². The minimum Gasteiger partial charge on any atom is -0.484 e. The van der Waals surface area contributed by atoms with Crippen molar-refractivity contribution in [3.05, 3.63) is 76.9 Å². The molecule has 2 saturated heterocycles. The van der Waals surface area contributed by atoms with Gasteiger partial charge in [-0.25, -0.2) is 0 Å². The normalized spacial score (nSPS) is 21.4. The van der Waals surface area contributed by atoms with Crippen molar-refractivity contribution in [3.8, 4) is 5.75 Å². The molecule has 6 rings (SSSR count). The summed E-state index contributed by atoms with van der Waals surface area (Å²) in [7, 11) is -3.68. The summed E-state index contributed by atoms with van der Waals surface area (Å²) in [5.74, 6) is 1.48. The Balaban J connectivity index is 1.10. The molecule has 0 radical (unpaired) electrons. The predicted molar refractivity (Wildman–Crippen MR) is 137 cm³/mol. The lowest BCUT2D eigenvalue weighted by molar-refractivity contribution is 0.218. The highest BCUT2D eigenvalue weighted by Crippen LogP contribution is 2.35. The summed E-state index contributed by atoms with van der Waals surface area (Å²) in [6.45, 7) is 4.68. The molecular formula is C27H33N5O4S. The van der Waals surface area contributed by atoms with E-state index in [-0.39, 0.29) is 6.61 Å². The molecule has 0 N–H and O–H groups in total. The van der Waals surface area contributed by atoms with E-state index in [9.17, 15) is 8.42 Å². The minimum atomic E-state index is -3.68. The summed E-state index contributed by atoms with van der Waals surface area (Å²) < 4.78 is 41.7. The fourth-order valence-electron chi connectivity index (χ4n) is 5.55. The highest BCUT2D eigenvalue weighted by atomic mass is 32.2. The van der Waals surface area contributed by atoms with Gasteiger partial charge in [0.25, 0.3) is 16.1 Å². The second-order valence-electron chi connectivity index (χ2n) is 10.1. The van der Waals surface area contributed by atoms with E-state index >= 15 is 0 Å². The van der Waals surface area contributed by atoms with Gasteiger partial charge in [0.1, 0.15) is 5.75 Å². The number of ether oxygens (including phenoxy) is 1. The van der Waals surface area contributed by atoms with Gasteiger partial charge in [-0.05, 0) is 67.6 Å². The maximum Gasteiger partial charge on any atom is 0.283 e. The second-order valence-corrected chi connectivity index (χ2v) is 12.0. The van der Waals surface area contributed by atoms with Crippen LogP contribution in [0, 0.1) is 0 Å². The van der Waals surface area contributed by atoms with Crippen LogP contribution in [0.25, 0.3) is 0 Å². The Morgan fingerprint density at radius 3 is 2.35 bits per heavy atom. The molecule has 10 heteroatoms. The van der Waals surface area contributed by atoms with Crippen molar-refractivity contribution in [1.29, 1.82) is 0 Å². The number of hydrogen-bond donors (Lipinski definition) is 0. The third kappa shape index (κ3) is 5.29. The molecule has 0 saturated carbocycles. The third-order valence-corrected chi connectivity index (χ3v) is 9.50. The zero-order valence-electron chi connectivity index (χ0n) is 21.0. The van der Waals surface area contributed by atoms with E-state index in [1.165, 1.54) is 31.5 Å². The molecule has 2 fully saturated rings. The molecule has 3 aromatic rings. The van der Waals surface area contributed by atoms with Crippen LogP contribution in [0.1, 0.15) is 66.6 Å². The van der Waals surface area contributed by atoms with Gasteiger partial charge in [-0.1, -0.05) is 48.0 Å². The third-order valence-electron chi connectivity index (χ3n) is 7.56. The molecule has 37 heavy (non-hydrogen) atoms. The molecule has 0 aliphatic carbocycles. The number of piperidine rings is 1. The summed E-state index contributed by atoms with van der Waals surface area (Å²) in [5.41, 5.74) is 3.39. The van der Waals surface area contributed by atoms with Crippen molar-refractivity contribution in [2.45, 2.75) is 64.4 Å². The fraction of sp³-hybridized carbons (Fsp3) is 0.481. The molecule has 196 valence electrons. The molecule has 3 aliphatic rings. The smallest absolute Gasteiger partial charge is 0.283 e. The first kappa shape index (κ1) is 24.5. The van der Waals surface area contributed by atoms with Gasteiger partial charge < -0.3 is 9.26 Å². The van der Waals surface area contributed by atoms with Crippen molar-refractivity contribution in [1.82, 2.24) is 23.7 Å². The van der Waals surface area contributed by atoms with E-state index in [0.717, 1.165) is 36.3 Å². The molecule has 0 spiro atoms. The highest BCUT2D eigenvalue weighted by molar-refractivity contribution is 7.86. The Morgan fingerprint density at radius 2 is 1.62 bits per heavy atom. The SMILES string of the molecule is O=S(=O)(N1Cc2ccccc2C1)N1CCCCC1c1noc(COc2ccc(CN3CCCC3)cc2)n1. The van der Waals surface area contributed by atoms with Crippen molar-refractivity contribution in [2.24, 2.45) is 0 Å². The van der Waals surface area contributed by atoms with Crippen LogP contribution in [-0.2, 0) is 36.5 Å². The van der Waals surface area contributed by atoms with Crippen molar-refractivity contribution < 1.29 is 17.7 Å². The zero-order valence-corrected chi connectivity index (χ0v) is 21.8. The topological polar surface area (TPSA) is 92.0 Å². The van der Waals surface area contributed by atoms with Crippen LogP contribution in [0.15, 0.2) is 53.1 Å². The maximum absolute atomic E-state index is 13.6. The van der Waals surface area contributed by atoms with Gasteiger partial charge in [0, 0.05) is 26.2 Å². The average Bonchev–Trinajstić information content (AvgIpc) is 3.69. The Hall–Kier alpha value is -2.79. The van der Waals surface area contributed by atoms with E-state index in [4.69, 9.17) is 9.26 Å². The quantitative estimate of drug-likeness (QED) is 0.440. The summed E-state index contributed by atoms with van der Waals surface area (Å²) in [5, 5.41) is 4.16. The zero-order chi connectivity index (χ0) is 25.2. The Kier molecular flexibility index (Phi) is 6.98. The summed E-state index contributed by atoms with van der Waals surface area (Å²) in [4.78, 5) is 7.00. The first-order valence-corrected chi connectivity index (χ1v) is 14.6. The molecule has 2 aromatic carbocycles. The van der Waals surface area contributed by atoms with Gasteiger partial charge in [0.05, 0.1) is 6.04 Å². The monoisotopic (exact) mass is 523 g/mol. The number of benzene rings is 2. The Morgan fingerprint density at radius 1 is 0.919 bits per heavy atom. The van der Waals surface area contributed by atoms with Gasteiger partial charge in [-0.3, -0.25) is 4.90 Å². The van der Waals surface area contributed by atoms with E-state index in [0.29, 0.717) is 37.8 Å². The lowest BCUT2D eigenvalue weighted by Crippen LogP contribution is -2.45. The molecule has 0 bridgehead atoms. The van der Waals surface area contributed by atoms with Gasteiger partial charge in [-0.15, -0.1) is 0 Å². The van der Waals surface area contributed by atoms with Crippen LogP contribution in [0.5, 0.6) is 5.75 Å². The molecule has 1 aromatic heterocycles. The highest BCUT2D eigenvalue weighted by Gasteiger charge is 2.41. The summed E-state index contributed by atoms with van der Waals surface area (Å²) >= 11 is 0. The van der Waals surface area contributed by atoms with Crippen LogP contribution in [0.2, 0.25) is 0 Å². The predicted octanol–water partition coefficient (Wildman–Crippen LogP) is 4.03. The molecule has 1 atom stereocenters. The largest absolute Gasteiger partial charge is 0.484 e. The number of fused-ring (bicyclic) bond motifs is 1. The van der Waals surface area contributed by atoms with Crippen molar-refractivity contribution in [3.63, 3.8) is 0 Å². The number of aromatic nitrogens is 2. The van der Waals surface area contributed by atoms with Gasteiger partial charge in [0.15, 0.2) is 12.4 Å². The molecule has 9 nitrogen and oxygen atoms in total. The van der Waals surface area contributed by atoms with E-state index < -0.39 is 16.3 Å². The van der Waals surface area contributed by atoms with Crippen LogP contribution >= 0.6 is 0 Å². The number of rotatable bonds is 8. The number of hydrogen-bond acceptors (Lipinski definition) is 7. The molecular weight excluding hydrogens is 490 g/mol. The fourth-order valence-corrected chi connectivity index (χ4v) is 7.33. The maximum atomic E-state index is 13.6. The molecule has 4 heterocycles. The number of likely N-dealkylation sites (tertiary alicyclic amines) is 1. The second kappa shape index (κ2) is 10.5. The Bertz CT molecular complexity index is 1300. The molecule has 3 aliphatic heterocycles.